The molecule has 3 rings (SSSR count). The quantitative estimate of drug-likeness (QED) is 0.471. The third-order valence-corrected chi connectivity index (χ3v) is 7.16. The van der Waals surface area contributed by atoms with Gasteiger partial charge in [-0.05, 0) is 11.6 Å². The Balaban J connectivity index is 1.84. The summed E-state index contributed by atoms with van der Waals surface area (Å²) in [6.07, 6.45) is 0.616. The average molecular weight is 344 g/mol. The number of nitrogens with two attached hydrogens (primary N) is 1. The molecule has 120 valence electrons. The summed E-state index contributed by atoms with van der Waals surface area (Å²) < 4.78 is 0. The van der Waals surface area contributed by atoms with Crippen molar-refractivity contribution in [1.29, 1.82) is 0 Å². The van der Waals surface area contributed by atoms with Crippen LogP contribution in [0.4, 0.5) is 0 Å². The molecule has 22 heavy (non-hydrogen) atoms. The summed E-state index contributed by atoms with van der Waals surface area (Å²) in [4.78, 5) is 25.5. The molecule has 2 aliphatic heterocycles. The van der Waals surface area contributed by atoms with Crippen molar-refractivity contribution in [2.75, 3.05) is 12.3 Å². The zero-order valence-corrected chi connectivity index (χ0v) is 13.4. The number of nitrogens with zero attached hydrogens (tertiary/aromatic N) is 4. The van der Waals surface area contributed by atoms with Crippen molar-refractivity contribution in [2.45, 2.75) is 35.2 Å². The predicted octanol–water partition coefficient (Wildman–Crippen LogP) is -0.616. The summed E-state index contributed by atoms with van der Waals surface area (Å²) in [5.74, 6) is -0.676. The average Bonchev–Trinajstić information content (AvgIpc) is 3.04. The number of carboxylic acids is 1. The molecule has 1 aromatic heterocycles. The number of hydrogen-bond donors (Lipinski definition) is 3. The first-order valence-corrected chi connectivity index (χ1v) is 8.73. The lowest BCUT2D eigenvalue weighted by molar-refractivity contribution is -0.156. The van der Waals surface area contributed by atoms with Gasteiger partial charge in [0.25, 0.3) is 0 Å². The largest absolute Gasteiger partial charge is 0.481 e. The van der Waals surface area contributed by atoms with Crippen molar-refractivity contribution in [2.24, 2.45) is 11.1 Å². The molecule has 0 aromatic carbocycles. The Labute approximate surface area is 134 Å². The van der Waals surface area contributed by atoms with Crippen molar-refractivity contribution in [3.05, 3.63) is 0 Å². The van der Waals surface area contributed by atoms with Crippen LogP contribution >= 0.6 is 23.5 Å². The number of aromatic nitrogens is 4. The number of hydrogen-bond acceptors (Lipinski definition) is 8. The van der Waals surface area contributed by atoms with Crippen LogP contribution in [0.15, 0.2) is 5.16 Å². The molecule has 2 saturated heterocycles. The molecule has 0 saturated carbocycles. The van der Waals surface area contributed by atoms with Gasteiger partial charge in [-0.15, -0.1) is 22.0 Å². The highest BCUT2D eigenvalue weighted by molar-refractivity contribution is 8.01. The number of rotatable bonds is 5. The fourth-order valence-electron chi connectivity index (χ4n) is 2.87. The Bertz CT molecular complexity index is 584. The van der Waals surface area contributed by atoms with E-state index in [1.54, 1.807) is 4.90 Å². The van der Waals surface area contributed by atoms with E-state index in [-0.39, 0.29) is 23.1 Å². The van der Waals surface area contributed by atoms with Crippen LogP contribution in [0, 0.1) is 5.41 Å². The number of amides is 1. The number of H-pyrrole nitrogens is 1. The fourth-order valence-corrected chi connectivity index (χ4v) is 5.63. The van der Waals surface area contributed by atoms with Crippen LogP contribution in [-0.2, 0) is 9.59 Å². The second-order valence-corrected chi connectivity index (χ2v) is 7.64. The van der Waals surface area contributed by atoms with Crippen LogP contribution in [0.5, 0.6) is 0 Å². The number of nitrogens with one attached hydrogen (secondary N) is 1. The van der Waals surface area contributed by atoms with E-state index in [4.69, 9.17) is 5.73 Å². The van der Waals surface area contributed by atoms with Crippen molar-refractivity contribution >= 4 is 35.4 Å². The van der Waals surface area contributed by atoms with Gasteiger partial charge in [-0.25, -0.2) is 0 Å². The lowest BCUT2D eigenvalue weighted by atomic mass is 9.82. The van der Waals surface area contributed by atoms with Gasteiger partial charge in [0, 0.05) is 17.5 Å². The Morgan fingerprint density at radius 1 is 1.73 bits per heavy atom. The number of thioether (sulfide) groups is 2. The smallest absolute Gasteiger partial charge is 0.313 e. The molecule has 9 nitrogen and oxygen atoms in total. The maximum absolute atomic E-state index is 12.0. The van der Waals surface area contributed by atoms with E-state index in [9.17, 15) is 14.7 Å². The fraction of sp³-hybridized carbons (Fsp3) is 0.727. The van der Waals surface area contributed by atoms with Crippen LogP contribution in [0.25, 0.3) is 0 Å². The van der Waals surface area contributed by atoms with Crippen molar-refractivity contribution in [3.63, 3.8) is 0 Å². The van der Waals surface area contributed by atoms with E-state index >= 15 is 0 Å². The predicted molar refractivity (Wildman–Crippen MR) is 80.1 cm³/mol. The molecule has 0 radical (unpaired) electrons. The second-order valence-electron chi connectivity index (χ2n) is 5.36. The zero-order chi connectivity index (χ0) is 15.9. The minimum absolute atomic E-state index is 0.104. The lowest BCUT2D eigenvalue weighted by Gasteiger charge is -2.54. The second kappa shape index (κ2) is 5.70. The summed E-state index contributed by atoms with van der Waals surface area (Å²) in [5.41, 5.74) is 4.72. The van der Waals surface area contributed by atoms with Gasteiger partial charge in [0.2, 0.25) is 11.1 Å². The number of carboxylic acid groups (broad SMARTS) is 1. The molecule has 4 atom stereocenters. The number of carbonyl (C=O) groups is 2. The Morgan fingerprint density at radius 3 is 3.09 bits per heavy atom. The molecule has 2 aliphatic rings. The highest BCUT2D eigenvalue weighted by Crippen LogP contribution is 2.47. The van der Waals surface area contributed by atoms with E-state index in [1.807, 2.05) is 6.92 Å². The van der Waals surface area contributed by atoms with E-state index in [0.29, 0.717) is 17.3 Å². The molecule has 0 aliphatic carbocycles. The Morgan fingerprint density at radius 2 is 2.50 bits per heavy atom. The number of β-lactam (4-membered cyclic amide) rings is 1. The van der Waals surface area contributed by atoms with Crippen molar-refractivity contribution in [1.82, 2.24) is 25.5 Å². The monoisotopic (exact) mass is 344 g/mol. The molecule has 3 heterocycles. The standard InChI is InChI=1S/C11H16N6O3S2/c1-2-5(22-10-13-15-16-14-10)11(9(19)20)3-17-7(18)6(12)8(17)21-4-11/h5-6,8H,2-4,12H2,1H3,(H,19,20)(H,13,14,15,16)/t5?,6?,8-,11?/m1/s1. The van der Waals surface area contributed by atoms with Gasteiger partial charge >= 0.3 is 5.97 Å². The van der Waals surface area contributed by atoms with Gasteiger partial charge in [-0.1, -0.05) is 18.7 Å². The molecule has 3 unspecified atom stereocenters. The van der Waals surface area contributed by atoms with Gasteiger partial charge in [0.15, 0.2) is 0 Å². The summed E-state index contributed by atoms with van der Waals surface area (Å²) in [5, 5.41) is 23.5. The van der Waals surface area contributed by atoms with E-state index < -0.39 is 17.4 Å². The summed E-state index contributed by atoms with van der Waals surface area (Å²) >= 11 is 2.72. The zero-order valence-electron chi connectivity index (χ0n) is 11.8. The number of aromatic amines is 1. The van der Waals surface area contributed by atoms with Crippen molar-refractivity contribution in [3.8, 4) is 0 Å². The third-order valence-electron chi connectivity index (χ3n) is 4.13. The third kappa shape index (κ3) is 2.27. The first kappa shape index (κ1) is 15.6. The van der Waals surface area contributed by atoms with Gasteiger partial charge in [0.05, 0.1) is 0 Å². The van der Waals surface area contributed by atoms with Crippen molar-refractivity contribution < 1.29 is 14.7 Å². The minimum Gasteiger partial charge on any atom is -0.481 e. The van der Waals surface area contributed by atoms with E-state index in [1.165, 1.54) is 23.5 Å². The molecule has 1 amide bonds. The number of tetrazole rings is 1. The number of fused-ring (bicyclic) bond motifs is 1. The number of aliphatic carboxylic acids is 1. The topological polar surface area (TPSA) is 138 Å². The van der Waals surface area contributed by atoms with Gasteiger partial charge in [-0.3, -0.25) is 9.59 Å². The van der Waals surface area contributed by atoms with E-state index in [2.05, 4.69) is 20.6 Å². The first-order chi connectivity index (χ1) is 10.5. The van der Waals surface area contributed by atoms with Gasteiger partial charge < -0.3 is 15.7 Å². The van der Waals surface area contributed by atoms with Gasteiger partial charge in [0.1, 0.15) is 16.8 Å². The molecule has 1 aromatic rings. The SMILES string of the molecule is CCC(Sc1nn[nH]n1)C1(C(=O)O)CS[C@@H]2C(N)C(=O)N2C1. The van der Waals surface area contributed by atoms with Crippen LogP contribution in [0.1, 0.15) is 13.3 Å². The normalized spacial score (nSPS) is 32.3. The van der Waals surface area contributed by atoms with Crippen LogP contribution in [0.2, 0.25) is 0 Å². The molecule has 4 N–H and O–H groups in total. The molecular weight excluding hydrogens is 328 g/mol. The maximum Gasteiger partial charge on any atom is 0.313 e. The van der Waals surface area contributed by atoms with Crippen LogP contribution in [-0.4, -0.2) is 71.5 Å². The summed E-state index contributed by atoms with van der Waals surface area (Å²) in [7, 11) is 0. The van der Waals surface area contributed by atoms with Gasteiger partial charge in [-0.2, -0.15) is 5.21 Å². The molecule has 2 fully saturated rings. The first-order valence-electron chi connectivity index (χ1n) is 6.80. The highest BCUT2D eigenvalue weighted by Gasteiger charge is 2.58. The maximum atomic E-state index is 12.0. The molecule has 0 spiro atoms. The summed E-state index contributed by atoms with van der Waals surface area (Å²) in [6, 6.07) is -0.512. The van der Waals surface area contributed by atoms with Crippen LogP contribution in [0.3, 0.4) is 0 Å². The highest BCUT2D eigenvalue weighted by atomic mass is 32.2. The molecule has 11 heteroatoms. The van der Waals surface area contributed by atoms with E-state index in [0.717, 1.165) is 0 Å². The number of carbonyl (C=O) groups excluding carboxylic acids is 1. The Hall–Kier alpha value is -1.33. The summed E-state index contributed by atoms with van der Waals surface area (Å²) in [6.45, 7) is 2.10. The van der Waals surface area contributed by atoms with Crippen LogP contribution < -0.4 is 5.73 Å². The lowest BCUT2D eigenvalue weighted by Crippen LogP contribution is -2.73. The minimum atomic E-state index is -1.04. The molecular formula is C11H16N6O3S2. The Kier molecular flexibility index (Phi) is 4.03. The molecule has 0 bridgehead atoms.